The standard InChI is InChI=1S/C16H29N3S/c1-6-14-15(9-17-11(2)3)20-16(18-14)19-8-7-12(4)13(5)10-19/h11-13,17H,6-10H2,1-5H3. The number of nitrogens with one attached hydrogen (secondary N) is 1. The van der Waals surface area contributed by atoms with Gasteiger partial charge in [-0.3, -0.25) is 0 Å². The van der Waals surface area contributed by atoms with Gasteiger partial charge in [-0.2, -0.15) is 0 Å². The molecule has 1 saturated heterocycles. The van der Waals surface area contributed by atoms with Crippen molar-refractivity contribution in [1.82, 2.24) is 10.3 Å². The Bertz CT molecular complexity index is 427. The lowest BCUT2D eigenvalue weighted by Gasteiger charge is -2.35. The van der Waals surface area contributed by atoms with Crippen LogP contribution in [0, 0.1) is 11.8 Å². The van der Waals surface area contributed by atoms with Gasteiger partial charge in [0.1, 0.15) is 0 Å². The first-order valence-electron chi connectivity index (χ1n) is 7.98. The van der Waals surface area contributed by atoms with E-state index in [1.54, 1.807) is 0 Å². The summed E-state index contributed by atoms with van der Waals surface area (Å²) in [5.41, 5.74) is 1.28. The Morgan fingerprint density at radius 3 is 2.70 bits per heavy atom. The van der Waals surface area contributed by atoms with E-state index in [1.807, 2.05) is 11.3 Å². The fourth-order valence-electron chi connectivity index (χ4n) is 2.65. The second kappa shape index (κ2) is 6.90. The molecule has 1 aliphatic rings. The molecular formula is C16H29N3S. The molecule has 1 fully saturated rings. The maximum Gasteiger partial charge on any atom is 0.185 e. The van der Waals surface area contributed by atoms with Crippen LogP contribution in [0.25, 0.3) is 0 Å². The Balaban J connectivity index is 2.08. The van der Waals surface area contributed by atoms with Crippen LogP contribution in [-0.2, 0) is 13.0 Å². The van der Waals surface area contributed by atoms with E-state index in [0.29, 0.717) is 6.04 Å². The molecule has 0 spiro atoms. The van der Waals surface area contributed by atoms with Gasteiger partial charge in [-0.25, -0.2) is 4.98 Å². The summed E-state index contributed by atoms with van der Waals surface area (Å²) in [5, 5.41) is 4.76. The van der Waals surface area contributed by atoms with Crippen LogP contribution >= 0.6 is 11.3 Å². The van der Waals surface area contributed by atoms with Crippen molar-refractivity contribution in [2.45, 2.75) is 60.0 Å². The number of piperidine rings is 1. The van der Waals surface area contributed by atoms with E-state index in [4.69, 9.17) is 4.98 Å². The summed E-state index contributed by atoms with van der Waals surface area (Å²) < 4.78 is 0. The van der Waals surface area contributed by atoms with Crippen molar-refractivity contribution >= 4 is 16.5 Å². The van der Waals surface area contributed by atoms with Gasteiger partial charge in [0.05, 0.1) is 5.69 Å². The summed E-state index contributed by atoms with van der Waals surface area (Å²) in [6, 6.07) is 0.529. The molecular weight excluding hydrogens is 266 g/mol. The first-order chi connectivity index (χ1) is 9.51. The molecule has 1 N–H and O–H groups in total. The van der Waals surface area contributed by atoms with Crippen molar-refractivity contribution in [2.24, 2.45) is 11.8 Å². The fraction of sp³-hybridized carbons (Fsp3) is 0.812. The highest BCUT2D eigenvalue weighted by Gasteiger charge is 2.25. The van der Waals surface area contributed by atoms with Crippen LogP contribution < -0.4 is 10.2 Å². The summed E-state index contributed by atoms with van der Waals surface area (Å²) in [6.07, 6.45) is 2.33. The Hall–Kier alpha value is -0.610. The summed E-state index contributed by atoms with van der Waals surface area (Å²) >= 11 is 1.89. The number of rotatable bonds is 5. The van der Waals surface area contributed by atoms with E-state index >= 15 is 0 Å². The van der Waals surface area contributed by atoms with Gasteiger partial charge in [-0.05, 0) is 24.7 Å². The maximum atomic E-state index is 4.89. The molecule has 0 aliphatic carbocycles. The number of nitrogens with zero attached hydrogens (tertiary/aromatic N) is 2. The van der Waals surface area contributed by atoms with E-state index < -0.39 is 0 Å². The average molecular weight is 295 g/mol. The zero-order valence-electron chi connectivity index (χ0n) is 13.6. The number of thiazole rings is 1. The highest BCUT2D eigenvalue weighted by Crippen LogP contribution is 2.32. The molecule has 4 heteroatoms. The number of anilines is 1. The molecule has 0 aromatic carbocycles. The van der Waals surface area contributed by atoms with Gasteiger partial charge in [0.25, 0.3) is 0 Å². The van der Waals surface area contributed by atoms with Crippen molar-refractivity contribution in [1.29, 1.82) is 0 Å². The van der Waals surface area contributed by atoms with Gasteiger partial charge in [0.15, 0.2) is 5.13 Å². The second-order valence-electron chi connectivity index (χ2n) is 6.44. The minimum atomic E-state index is 0.529. The normalized spacial score (nSPS) is 23.6. The Morgan fingerprint density at radius 1 is 1.35 bits per heavy atom. The van der Waals surface area contributed by atoms with Crippen LogP contribution in [0.5, 0.6) is 0 Å². The Morgan fingerprint density at radius 2 is 2.10 bits per heavy atom. The average Bonchev–Trinajstić information content (AvgIpc) is 2.82. The predicted molar refractivity (Wildman–Crippen MR) is 88.6 cm³/mol. The number of aromatic nitrogens is 1. The highest BCUT2D eigenvalue weighted by molar-refractivity contribution is 7.15. The molecule has 0 amide bonds. The van der Waals surface area contributed by atoms with Crippen LogP contribution in [0.1, 0.15) is 51.6 Å². The van der Waals surface area contributed by atoms with Gasteiger partial charge in [0, 0.05) is 30.6 Å². The lowest BCUT2D eigenvalue weighted by Crippen LogP contribution is -2.38. The first kappa shape index (κ1) is 15.8. The van der Waals surface area contributed by atoms with E-state index in [0.717, 1.165) is 31.3 Å². The van der Waals surface area contributed by atoms with E-state index in [-0.39, 0.29) is 0 Å². The molecule has 1 aromatic rings. The third-order valence-corrected chi connectivity index (χ3v) is 5.54. The third kappa shape index (κ3) is 3.73. The third-order valence-electron chi connectivity index (χ3n) is 4.38. The maximum absolute atomic E-state index is 4.89. The number of aryl methyl sites for hydroxylation is 1. The first-order valence-corrected chi connectivity index (χ1v) is 8.79. The van der Waals surface area contributed by atoms with Gasteiger partial charge >= 0.3 is 0 Å². The van der Waals surface area contributed by atoms with Crippen LogP contribution in [0.2, 0.25) is 0 Å². The molecule has 114 valence electrons. The van der Waals surface area contributed by atoms with Crippen molar-refractivity contribution in [3.8, 4) is 0 Å². The summed E-state index contributed by atoms with van der Waals surface area (Å²) in [7, 11) is 0. The molecule has 2 atom stereocenters. The van der Waals surface area contributed by atoms with E-state index in [9.17, 15) is 0 Å². The van der Waals surface area contributed by atoms with Crippen LogP contribution in [0.15, 0.2) is 0 Å². The number of hydrogen-bond donors (Lipinski definition) is 1. The zero-order chi connectivity index (χ0) is 14.7. The molecule has 20 heavy (non-hydrogen) atoms. The second-order valence-corrected chi connectivity index (χ2v) is 7.51. The minimum Gasteiger partial charge on any atom is -0.348 e. The Kier molecular flexibility index (Phi) is 5.44. The lowest BCUT2D eigenvalue weighted by molar-refractivity contribution is 0.323. The van der Waals surface area contributed by atoms with Gasteiger partial charge in [-0.15, -0.1) is 11.3 Å². The molecule has 2 unspecified atom stereocenters. The molecule has 0 bridgehead atoms. The van der Waals surface area contributed by atoms with E-state index in [2.05, 4.69) is 44.8 Å². The van der Waals surface area contributed by atoms with Crippen LogP contribution in [-0.4, -0.2) is 24.1 Å². The molecule has 1 aromatic heterocycles. The molecule has 3 nitrogen and oxygen atoms in total. The van der Waals surface area contributed by atoms with Gasteiger partial charge < -0.3 is 10.2 Å². The fourth-order valence-corrected chi connectivity index (χ4v) is 3.79. The molecule has 2 heterocycles. The predicted octanol–water partition coefficient (Wildman–Crippen LogP) is 3.69. The lowest BCUT2D eigenvalue weighted by atomic mass is 9.89. The van der Waals surface area contributed by atoms with Crippen molar-refractivity contribution in [2.75, 3.05) is 18.0 Å². The molecule has 0 radical (unpaired) electrons. The topological polar surface area (TPSA) is 28.2 Å². The Labute approximate surface area is 127 Å². The van der Waals surface area contributed by atoms with Crippen molar-refractivity contribution in [3.05, 3.63) is 10.6 Å². The smallest absolute Gasteiger partial charge is 0.185 e. The largest absolute Gasteiger partial charge is 0.348 e. The van der Waals surface area contributed by atoms with Gasteiger partial charge in [0.2, 0.25) is 0 Å². The van der Waals surface area contributed by atoms with Gasteiger partial charge in [-0.1, -0.05) is 34.6 Å². The molecule has 0 saturated carbocycles. The summed E-state index contributed by atoms with van der Waals surface area (Å²) in [4.78, 5) is 8.81. The summed E-state index contributed by atoms with van der Waals surface area (Å²) in [5.74, 6) is 1.62. The van der Waals surface area contributed by atoms with Crippen molar-refractivity contribution in [3.63, 3.8) is 0 Å². The van der Waals surface area contributed by atoms with Crippen molar-refractivity contribution < 1.29 is 0 Å². The molecule has 1 aliphatic heterocycles. The minimum absolute atomic E-state index is 0.529. The monoisotopic (exact) mass is 295 g/mol. The van der Waals surface area contributed by atoms with E-state index in [1.165, 1.54) is 28.7 Å². The number of hydrogen-bond acceptors (Lipinski definition) is 4. The van der Waals surface area contributed by atoms with Crippen LogP contribution in [0.4, 0.5) is 5.13 Å². The summed E-state index contributed by atoms with van der Waals surface area (Å²) in [6.45, 7) is 14.6. The zero-order valence-corrected chi connectivity index (χ0v) is 14.4. The highest BCUT2D eigenvalue weighted by atomic mass is 32.1. The van der Waals surface area contributed by atoms with Crippen LogP contribution in [0.3, 0.4) is 0 Å². The molecule has 2 rings (SSSR count). The SMILES string of the molecule is CCc1nc(N2CCC(C)C(C)C2)sc1CNC(C)C. The quantitative estimate of drug-likeness (QED) is 0.898.